The minimum atomic E-state index is -0.561. The highest BCUT2D eigenvalue weighted by Crippen LogP contribution is 2.32. The summed E-state index contributed by atoms with van der Waals surface area (Å²) in [6, 6.07) is 11.9. The van der Waals surface area contributed by atoms with Crippen molar-refractivity contribution in [3.05, 3.63) is 59.9 Å². The van der Waals surface area contributed by atoms with Gasteiger partial charge in [-0.15, -0.1) is 5.10 Å². The number of anilines is 1. The Bertz CT molecular complexity index is 1010. The zero-order valence-corrected chi connectivity index (χ0v) is 14.2. The number of benzene rings is 2. The van der Waals surface area contributed by atoms with Crippen molar-refractivity contribution in [3.63, 3.8) is 0 Å². The molecule has 136 valence electrons. The molecule has 1 amide bonds. The fourth-order valence-electron chi connectivity index (χ4n) is 2.53. The van der Waals surface area contributed by atoms with Gasteiger partial charge in [0.15, 0.2) is 17.2 Å². The van der Waals surface area contributed by atoms with E-state index in [1.54, 1.807) is 42.5 Å². The summed E-state index contributed by atoms with van der Waals surface area (Å²) >= 11 is 0. The van der Waals surface area contributed by atoms with Crippen LogP contribution < -0.4 is 14.8 Å². The maximum Gasteiger partial charge on any atom is 0.360 e. The maximum atomic E-state index is 12.4. The van der Waals surface area contributed by atoms with Crippen LogP contribution in [0.1, 0.15) is 20.8 Å². The predicted octanol–water partition coefficient (Wildman–Crippen LogP) is 2.03. The SMILES string of the molecule is COC(=O)c1cn(-c2ccc(NC(=O)c3ccc4c(c3)OCO4)cc2)nn1. The number of nitrogens with one attached hydrogen (secondary N) is 1. The van der Waals surface area contributed by atoms with E-state index in [-0.39, 0.29) is 18.4 Å². The number of fused-ring (bicyclic) bond motifs is 1. The molecule has 0 saturated carbocycles. The van der Waals surface area contributed by atoms with Crippen LogP contribution >= 0.6 is 0 Å². The van der Waals surface area contributed by atoms with Crippen LogP contribution in [0.2, 0.25) is 0 Å². The Morgan fingerprint density at radius 3 is 2.67 bits per heavy atom. The number of rotatable bonds is 4. The smallest absolute Gasteiger partial charge is 0.360 e. The van der Waals surface area contributed by atoms with Crippen molar-refractivity contribution in [1.29, 1.82) is 0 Å². The molecule has 0 saturated heterocycles. The predicted molar refractivity (Wildman–Crippen MR) is 93.2 cm³/mol. The Hall–Kier alpha value is -3.88. The van der Waals surface area contributed by atoms with E-state index in [0.717, 1.165) is 0 Å². The van der Waals surface area contributed by atoms with Gasteiger partial charge in [-0.05, 0) is 42.5 Å². The van der Waals surface area contributed by atoms with Gasteiger partial charge in [0.2, 0.25) is 6.79 Å². The van der Waals surface area contributed by atoms with Gasteiger partial charge in [-0.2, -0.15) is 0 Å². The molecule has 0 atom stereocenters. The summed E-state index contributed by atoms with van der Waals surface area (Å²) in [4.78, 5) is 23.8. The third-order valence-corrected chi connectivity index (χ3v) is 3.91. The summed E-state index contributed by atoms with van der Waals surface area (Å²) in [7, 11) is 1.28. The molecule has 2 heterocycles. The Morgan fingerprint density at radius 2 is 1.89 bits per heavy atom. The third kappa shape index (κ3) is 3.30. The zero-order chi connectivity index (χ0) is 18.8. The molecule has 4 rings (SSSR count). The molecule has 9 heteroatoms. The van der Waals surface area contributed by atoms with Crippen LogP contribution in [-0.4, -0.2) is 40.8 Å². The Kier molecular flexibility index (Phi) is 4.17. The van der Waals surface area contributed by atoms with Crippen LogP contribution in [0.5, 0.6) is 11.5 Å². The average Bonchev–Trinajstić information content (AvgIpc) is 3.37. The second-order valence-corrected chi connectivity index (χ2v) is 5.61. The van der Waals surface area contributed by atoms with E-state index in [9.17, 15) is 9.59 Å². The van der Waals surface area contributed by atoms with Crippen molar-refractivity contribution >= 4 is 17.6 Å². The van der Waals surface area contributed by atoms with Crippen LogP contribution in [-0.2, 0) is 4.74 Å². The molecular formula is C18H14N4O5. The second kappa shape index (κ2) is 6.79. The van der Waals surface area contributed by atoms with Gasteiger partial charge in [0.1, 0.15) is 0 Å². The van der Waals surface area contributed by atoms with E-state index in [1.807, 2.05) is 0 Å². The molecule has 0 aliphatic carbocycles. The summed E-state index contributed by atoms with van der Waals surface area (Å²) in [5, 5.41) is 10.4. The number of hydrogen-bond acceptors (Lipinski definition) is 7. The number of nitrogens with zero attached hydrogens (tertiary/aromatic N) is 3. The van der Waals surface area contributed by atoms with Crippen molar-refractivity contribution in [2.75, 3.05) is 19.2 Å². The molecule has 2 aromatic carbocycles. The quantitative estimate of drug-likeness (QED) is 0.705. The van der Waals surface area contributed by atoms with Crippen molar-refractivity contribution < 1.29 is 23.8 Å². The largest absolute Gasteiger partial charge is 0.464 e. The number of aromatic nitrogens is 3. The van der Waals surface area contributed by atoms with Crippen molar-refractivity contribution in [3.8, 4) is 17.2 Å². The summed E-state index contributed by atoms with van der Waals surface area (Å²) in [6.45, 7) is 0.155. The van der Waals surface area contributed by atoms with Crippen molar-refractivity contribution in [2.24, 2.45) is 0 Å². The van der Waals surface area contributed by atoms with Gasteiger partial charge in [-0.25, -0.2) is 9.48 Å². The normalized spacial score (nSPS) is 11.9. The molecule has 1 aromatic heterocycles. The van der Waals surface area contributed by atoms with Gasteiger partial charge in [0, 0.05) is 11.3 Å². The number of esters is 1. The molecule has 3 aromatic rings. The molecule has 9 nitrogen and oxygen atoms in total. The monoisotopic (exact) mass is 366 g/mol. The van der Waals surface area contributed by atoms with E-state index in [4.69, 9.17) is 9.47 Å². The Morgan fingerprint density at radius 1 is 1.11 bits per heavy atom. The number of hydrogen-bond donors (Lipinski definition) is 1. The maximum absolute atomic E-state index is 12.4. The first-order valence-corrected chi connectivity index (χ1v) is 7.96. The molecule has 1 aliphatic heterocycles. The van der Waals surface area contributed by atoms with Gasteiger partial charge < -0.3 is 19.5 Å². The molecule has 0 fully saturated rings. The van der Waals surface area contributed by atoms with Gasteiger partial charge in [0.25, 0.3) is 5.91 Å². The summed E-state index contributed by atoms with van der Waals surface area (Å²) < 4.78 is 16.6. The van der Waals surface area contributed by atoms with E-state index in [2.05, 4.69) is 20.4 Å². The summed E-state index contributed by atoms with van der Waals surface area (Å²) in [5.41, 5.74) is 1.86. The molecule has 27 heavy (non-hydrogen) atoms. The molecular weight excluding hydrogens is 352 g/mol. The summed E-state index contributed by atoms with van der Waals surface area (Å²) in [5.74, 6) is 0.337. The second-order valence-electron chi connectivity index (χ2n) is 5.61. The molecule has 0 unspecified atom stereocenters. The van der Waals surface area contributed by atoms with Crippen LogP contribution in [0.15, 0.2) is 48.7 Å². The van der Waals surface area contributed by atoms with Crippen LogP contribution in [0.3, 0.4) is 0 Å². The Balaban J connectivity index is 1.47. The van der Waals surface area contributed by atoms with Crippen molar-refractivity contribution in [1.82, 2.24) is 15.0 Å². The lowest BCUT2D eigenvalue weighted by atomic mass is 10.2. The first-order valence-electron chi connectivity index (χ1n) is 7.96. The minimum absolute atomic E-state index is 0.109. The standard InChI is InChI=1S/C18H14N4O5/c1-25-18(24)14-9-22(21-20-14)13-5-3-12(4-6-13)19-17(23)11-2-7-15-16(8-11)27-10-26-15/h2-9H,10H2,1H3,(H,19,23). The lowest BCUT2D eigenvalue weighted by molar-refractivity contribution is 0.0593. The van der Waals surface area contributed by atoms with Gasteiger partial charge in [0.05, 0.1) is 19.0 Å². The average molecular weight is 366 g/mol. The lowest BCUT2D eigenvalue weighted by Gasteiger charge is -2.07. The molecule has 0 bridgehead atoms. The minimum Gasteiger partial charge on any atom is -0.464 e. The van der Waals surface area contributed by atoms with E-state index >= 15 is 0 Å². The summed E-state index contributed by atoms with van der Waals surface area (Å²) in [6.07, 6.45) is 1.46. The lowest BCUT2D eigenvalue weighted by Crippen LogP contribution is -2.11. The Labute approximate surface area is 153 Å². The molecule has 0 spiro atoms. The highest BCUT2D eigenvalue weighted by atomic mass is 16.7. The van der Waals surface area contributed by atoms with E-state index in [1.165, 1.54) is 18.0 Å². The molecule has 1 N–H and O–H groups in total. The number of ether oxygens (including phenoxy) is 3. The third-order valence-electron chi connectivity index (χ3n) is 3.91. The first-order chi connectivity index (χ1) is 13.1. The highest BCUT2D eigenvalue weighted by Gasteiger charge is 2.16. The van der Waals surface area contributed by atoms with E-state index in [0.29, 0.717) is 28.4 Å². The number of carbonyl (C=O) groups is 2. The zero-order valence-electron chi connectivity index (χ0n) is 14.2. The van der Waals surface area contributed by atoms with Crippen LogP contribution in [0, 0.1) is 0 Å². The first kappa shape index (κ1) is 16.6. The van der Waals surface area contributed by atoms with E-state index < -0.39 is 5.97 Å². The number of methoxy groups -OCH3 is 1. The molecule has 0 radical (unpaired) electrons. The highest BCUT2D eigenvalue weighted by molar-refractivity contribution is 6.04. The number of amides is 1. The van der Waals surface area contributed by atoms with Crippen LogP contribution in [0.4, 0.5) is 5.69 Å². The molecule has 1 aliphatic rings. The number of carbonyl (C=O) groups excluding carboxylic acids is 2. The van der Waals surface area contributed by atoms with Gasteiger partial charge in [-0.3, -0.25) is 4.79 Å². The fourth-order valence-corrected chi connectivity index (χ4v) is 2.53. The fraction of sp³-hybridized carbons (Fsp3) is 0.111. The van der Waals surface area contributed by atoms with Crippen molar-refractivity contribution in [2.45, 2.75) is 0 Å². The topological polar surface area (TPSA) is 105 Å². The van der Waals surface area contributed by atoms with Gasteiger partial charge in [-0.1, -0.05) is 5.21 Å². The van der Waals surface area contributed by atoms with Gasteiger partial charge >= 0.3 is 5.97 Å². The van der Waals surface area contributed by atoms with Crippen LogP contribution in [0.25, 0.3) is 5.69 Å².